The van der Waals surface area contributed by atoms with Crippen LogP contribution in [0.3, 0.4) is 0 Å². The van der Waals surface area contributed by atoms with Gasteiger partial charge in [-0.25, -0.2) is 4.79 Å². The summed E-state index contributed by atoms with van der Waals surface area (Å²) in [6.07, 6.45) is 3.10. The van der Waals surface area contributed by atoms with Gasteiger partial charge < -0.3 is 19.9 Å². The zero-order valence-corrected chi connectivity index (χ0v) is 16.2. The van der Waals surface area contributed by atoms with Crippen molar-refractivity contribution in [2.24, 2.45) is 5.92 Å². The molecule has 1 fully saturated rings. The SMILES string of the molecule is COC(=O)c1c(NC(=S)N2CCN(C)CC2)sc2c1CCC(C)C2. The molecule has 0 bridgehead atoms. The normalized spacial score (nSPS) is 21.3. The minimum absolute atomic E-state index is 0.259. The first-order valence-electron chi connectivity index (χ1n) is 8.47. The molecule has 1 atom stereocenters. The van der Waals surface area contributed by atoms with E-state index in [4.69, 9.17) is 17.0 Å². The summed E-state index contributed by atoms with van der Waals surface area (Å²) in [6, 6.07) is 0. The summed E-state index contributed by atoms with van der Waals surface area (Å²) in [5, 5.41) is 4.90. The highest BCUT2D eigenvalue weighted by atomic mass is 32.1. The molecule has 0 amide bonds. The average Bonchev–Trinajstić information content (AvgIpc) is 2.91. The summed E-state index contributed by atoms with van der Waals surface area (Å²) in [6.45, 7) is 6.10. The number of hydrogen-bond acceptors (Lipinski definition) is 5. The Morgan fingerprint density at radius 2 is 2.04 bits per heavy atom. The highest BCUT2D eigenvalue weighted by molar-refractivity contribution is 7.80. The second-order valence-corrected chi connectivity index (χ2v) is 8.26. The Morgan fingerprint density at radius 1 is 1.33 bits per heavy atom. The summed E-state index contributed by atoms with van der Waals surface area (Å²) in [7, 11) is 3.57. The van der Waals surface area contributed by atoms with E-state index in [2.05, 4.69) is 29.1 Å². The van der Waals surface area contributed by atoms with E-state index in [1.165, 1.54) is 12.0 Å². The molecule has 1 aliphatic carbocycles. The summed E-state index contributed by atoms with van der Waals surface area (Å²) in [5.74, 6) is 0.407. The Balaban J connectivity index is 1.82. The summed E-state index contributed by atoms with van der Waals surface area (Å²) < 4.78 is 5.03. The third-order valence-corrected chi connectivity index (χ3v) is 6.44. The van der Waals surface area contributed by atoms with Gasteiger partial charge in [0.2, 0.25) is 0 Å². The molecule has 1 aromatic heterocycles. The fraction of sp³-hybridized carbons (Fsp3) is 0.647. The van der Waals surface area contributed by atoms with Crippen LogP contribution in [-0.4, -0.2) is 61.2 Å². The zero-order chi connectivity index (χ0) is 17.3. The molecule has 1 N–H and O–H groups in total. The van der Waals surface area contributed by atoms with Gasteiger partial charge >= 0.3 is 5.97 Å². The lowest BCUT2D eigenvalue weighted by molar-refractivity contribution is 0.0601. The zero-order valence-electron chi connectivity index (χ0n) is 14.6. The fourth-order valence-corrected chi connectivity index (χ4v) is 5.09. The van der Waals surface area contributed by atoms with E-state index < -0.39 is 0 Å². The topological polar surface area (TPSA) is 44.8 Å². The van der Waals surface area contributed by atoms with Gasteiger partial charge in [0.05, 0.1) is 12.7 Å². The molecule has 0 spiro atoms. The predicted octanol–water partition coefficient (Wildman–Crippen LogP) is 2.60. The van der Waals surface area contributed by atoms with Crippen molar-refractivity contribution in [3.8, 4) is 0 Å². The largest absolute Gasteiger partial charge is 0.465 e. The maximum Gasteiger partial charge on any atom is 0.341 e. The van der Waals surface area contributed by atoms with Crippen molar-refractivity contribution in [2.45, 2.75) is 26.2 Å². The molecular formula is C17H25N3O2S2. The maximum absolute atomic E-state index is 12.3. The van der Waals surface area contributed by atoms with E-state index in [1.54, 1.807) is 11.3 Å². The first kappa shape index (κ1) is 17.6. The van der Waals surface area contributed by atoms with E-state index in [-0.39, 0.29) is 5.97 Å². The lowest BCUT2D eigenvalue weighted by Gasteiger charge is -2.34. The summed E-state index contributed by atoms with van der Waals surface area (Å²) in [5.41, 5.74) is 1.86. The van der Waals surface area contributed by atoms with E-state index in [1.807, 2.05) is 0 Å². The van der Waals surface area contributed by atoms with Gasteiger partial charge in [-0.3, -0.25) is 0 Å². The molecule has 1 unspecified atom stereocenters. The van der Waals surface area contributed by atoms with E-state index in [9.17, 15) is 4.79 Å². The molecule has 3 rings (SSSR count). The molecule has 0 radical (unpaired) electrons. The number of esters is 1. The number of nitrogens with one attached hydrogen (secondary N) is 1. The summed E-state index contributed by atoms with van der Waals surface area (Å²) in [4.78, 5) is 18.1. The third kappa shape index (κ3) is 3.58. The molecular weight excluding hydrogens is 342 g/mol. The number of carbonyl (C=O) groups excluding carboxylic acids is 1. The number of fused-ring (bicyclic) bond motifs is 1. The lowest BCUT2D eigenvalue weighted by atomic mass is 9.88. The maximum atomic E-state index is 12.3. The molecule has 2 heterocycles. The van der Waals surface area contributed by atoms with Gasteiger partial charge in [-0.05, 0) is 50.0 Å². The van der Waals surface area contributed by atoms with Gasteiger partial charge in [-0.1, -0.05) is 6.92 Å². The molecule has 1 aliphatic heterocycles. The van der Waals surface area contributed by atoms with Crippen molar-refractivity contribution in [2.75, 3.05) is 45.7 Å². The quantitative estimate of drug-likeness (QED) is 0.640. The number of thiocarbonyl (C=S) groups is 1. The van der Waals surface area contributed by atoms with Crippen molar-refractivity contribution < 1.29 is 9.53 Å². The van der Waals surface area contributed by atoms with Crippen LogP contribution in [0.1, 0.15) is 34.1 Å². The Bertz CT molecular complexity index is 636. The van der Waals surface area contributed by atoms with E-state index in [0.717, 1.165) is 56.0 Å². The molecule has 132 valence electrons. The first-order chi connectivity index (χ1) is 11.5. The minimum Gasteiger partial charge on any atom is -0.465 e. The molecule has 2 aliphatic rings. The summed E-state index contributed by atoms with van der Waals surface area (Å²) >= 11 is 7.26. The number of methoxy groups -OCH3 is 1. The van der Waals surface area contributed by atoms with Gasteiger partial charge in [0.1, 0.15) is 5.00 Å². The number of hydrogen-bond donors (Lipinski definition) is 1. The van der Waals surface area contributed by atoms with Crippen LogP contribution in [0.4, 0.5) is 5.00 Å². The average molecular weight is 368 g/mol. The smallest absolute Gasteiger partial charge is 0.341 e. The molecule has 7 heteroatoms. The first-order valence-corrected chi connectivity index (χ1v) is 9.69. The van der Waals surface area contributed by atoms with Crippen molar-refractivity contribution >= 4 is 39.6 Å². The number of nitrogens with zero attached hydrogens (tertiary/aromatic N) is 2. The van der Waals surface area contributed by atoms with Crippen LogP contribution in [-0.2, 0) is 17.6 Å². The molecule has 1 saturated heterocycles. The van der Waals surface area contributed by atoms with Crippen molar-refractivity contribution in [3.05, 3.63) is 16.0 Å². The number of ether oxygens (including phenoxy) is 1. The van der Waals surface area contributed by atoms with Crippen LogP contribution in [0.25, 0.3) is 0 Å². The molecule has 24 heavy (non-hydrogen) atoms. The highest BCUT2D eigenvalue weighted by Gasteiger charge is 2.29. The van der Waals surface area contributed by atoms with Gasteiger partial charge in [0.25, 0.3) is 0 Å². The number of rotatable bonds is 2. The van der Waals surface area contributed by atoms with Crippen LogP contribution in [0.15, 0.2) is 0 Å². The van der Waals surface area contributed by atoms with Crippen molar-refractivity contribution in [1.29, 1.82) is 0 Å². The van der Waals surface area contributed by atoms with Gasteiger partial charge in [0.15, 0.2) is 5.11 Å². The lowest BCUT2D eigenvalue weighted by Crippen LogP contribution is -2.48. The Kier molecular flexibility index (Phi) is 5.42. The van der Waals surface area contributed by atoms with Gasteiger partial charge in [-0.2, -0.15) is 0 Å². The van der Waals surface area contributed by atoms with Crippen molar-refractivity contribution in [1.82, 2.24) is 9.80 Å². The predicted molar refractivity (Wildman–Crippen MR) is 102 cm³/mol. The van der Waals surface area contributed by atoms with Crippen LogP contribution in [0.2, 0.25) is 0 Å². The van der Waals surface area contributed by atoms with Crippen LogP contribution in [0, 0.1) is 5.92 Å². The monoisotopic (exact) mass is 367 g/mol. The number of likely N-dealkylation sites (N-methyl/N-ethyl adjacent to an activating group) is 1. The number of anilines is 1. The van der Waals surface area contributed by atoms with Crippen LogP contribution in [0.5, 0.6) is 0 Å². The second-order valence-electron chi connectivity index (χ2n) is 6.77. The Labute approximate surface area is 153 Å². The molecule has 5 nitrogen and oxygen atoms in total. The van der Waals surface area contributed by atoms with E-state index >= 15 is 0 Å². The van der Waals surface area contributed by atoms with Gasteiger partial charge in [-0.15, -0.1) is 11.3 Å². The Hall–Kier alpha value is -1.18. The second kappa shape index (κ2) is 7.37. The van der Waals surface area contributed by atoms with E-state index in [0.29, 0.717) is 16.6 Å². The van der Waals surface area contributed by atoms with Gasteiger partial charge in [0, 0.05) is 31.1 Å². The molecule has 0 saturated carbocycles. The standard InChI is InChI=1S/C17H25N3O2S2/c1-11-4-5-12-13(10-11)24-15(14(12)16(21)22-3)18-17(23)20-8-6-19(2)7-9-20/h11H,4-10H2,1-3H3,(H,18,23). The number of thiophene rings is 1. The number of carbonyl (C=O) groups is 1. The van der Waals surface area contributed by atoms with Crippen molar-refractivity contribution in [3.63, 3.8) is 0 Å². The third-order valence-electron chi connectivity index (χ3n) is 4.91. The van der Waals surface area contributed by atoms with Crippen LogP contribution < -0.4 is 5.32 Å². The fourth-order valence-electron chi connectivity index (χ4n) is 3.34. The highest BCUT2D eigenvalue weighted by Crippen LogP contribution is 2.40. The minimum atomic E-state index is -0.259. The molecule has 0 aromatic carbocycles. The van der Waals surface area contributed by atoms with Crippen LogP contribution >= 0.6 is 23.6 Å². The molecule has 1 aromatic rings. The Morgan fingerprint density at radius 3 is 2.71 bits per heavy atom. The number of piperazine rings is 1.